The zero-order valence-corrected chi connectivity index (χ0v) is 11.0. The summed E-state index contributed by atoms with van der Waals surface area (Å²) in [7, 11) is 1.05. The van der Waals surface area contributed by atoms with E-state index < -0.39 is 28.0 Å². The van der Waals surface area contributed by atoms with Gasteiger partial charge in [0.1, 0.15) is 11.4 Å². The number of hydrogen-bond donors (Lipinski definition) is 0. The van der Waals surface area contributed by atoms with E-state index in [1.54, 1.807) is 0 Å². The number of hydrogen-bond acceptors (Lipinski definition) is 5. The molecule has 0 fully saturated rings. The molecule has 0 spiro atoms. The lowest BCUT2D eigenvalue weighted by Crippen LogP contribution is -2.07. The molecule has 0 aliphatic carbocycles. The molecule has 0 aliphatic rings. The lowest BCUT2D eigenvalue weighted by molar-refractivity contribution is -0.385. The van der Waals surface area contributed by atoms with E-state index in [0.717, 1.165) is 19.2 Å². The van der Waals surface area contributed by atoms with Gasteiger partial charge in [-0.3, -0.25) is 10.1 Å². The molecular weight excluding hydrogens is 283 g/mol. The highest BCUT2D eigenvalue weighted by Crippen LogP contribution is 2.24. The first-order valence-electron chi connectivity index (χ1n) is 5.75. The number of rotatable bonds is 6. The molecule has 1 aromatic carbocycles. The number of nitro groups is 1. The highest BCUT2D eigenvalue weighted by molar-refractivity contribution is 5.94. The van der Waals surface area contributed by atoms with Gasteiger partial charge in [0.2, 0.25) is 0 Å². The Morgan fingerprint density at radius 1 is 1.62 bits per heavy atom. The largest absolute Gasteiger partial charge is 0.465 e. The maximum absolute atomic E-state index is 13.8. The molecule has 1 aromatic rings. The van der Waals surface area contributed by atoms with E-state index in [-0.39, 0.29) is 12.1 Å². The van der Waals surface area contributed by atoms with Crippen molar-refractivity contribution >= 4 is 17.7 Å². The Labute approximate surface area is 118 Å². The molecule has 0 unspecified atom stereocenters. The lowest BCUT2D eigenvalue weighted by atomic mass is 10.1. The first-order chi connectivity index (χ1) is 10.0. The van der Waals surface area contributed by atoms with Gasteiger partial charge in [-0.2, -0.15) is 0 Å². The lowest BCUT2D eigenvalue weighted by Gasteiger charge is -2.04. The van der Waals surface area contributed by atoms with E-state index in [1.165, 1.54) is 12.2 Å². The number of halogens is 1. The minimum absolute atomic E-state index is 0.0460. The predicted molar refractivity (Wildman–Crippen MR) is 72.1 cm³/mol. The molecule has 0 saturated heterocycles. The van der Waals surface area contributed by atoms with Gasteiger partial charge in [0.15, 0.2) is 0 Å². The Morgan fingerprint density at radius 2 is 2.33 bits per heavy atom. The van der Waals surface area contributed by atoms with Crippen molar-refractivity contribution in [1.29, 1.82) is 0 Å². The predicted octanol–water partition coefficient (Wildman–Crippen LogP) is 3.23. The molecule has 0 amide bonds. The molecule has 0 bridgehead atoms. The van der Waals surface area contributed by atoms with Crippen LogP contribution in [0.15, 0.2) is 23.3 Å². The van der Waals surface area contributed by atoms with Crippen LogP contribution in [0.1, 0.15) is 22.3 Å². The van der Waals surface area contributed by atoms with Crippen LogP contribution in [0.25, 0.3) is 16.5 Å². The van der Waals surface area contributed by atoms with E-state index in [1.807, 2.05) is 0 Å². The summed E-state index contributed by atoms with van der Waals surface area (Å²) >= 11 is 0. The summed E-state index contributed by atoms with van der Waals surface area (Å²) in [5.74, 6) is -1.78. The van der Waals surface area contributed by atoms with E-state index in [4.69, 9.17) is 5.53 Å². The van der Waals surface area contributed by atoms with E-state index in [2.05, 4.69) is 14.8 Å². The minimum atomic E-state index is -0.987. The van der Waals surface area contributed by atoms with Crippen LogP contribution in [-0.4, -0.2) is 24.5 Å². The molecule has 1 rings (SSSR count). The van der Waals surface area contributed by atoms with Gasteiger partial charge in [0, 0.05) is 23.1 Å². The van der Waals surface area contributed by atoms with Crippen LogP contribution in [0.2, 0.25) is 0 Å². The topological polar surface area (TPSA) is 118 Å². The Hall–Kier alpha value is -2.93. The summed E-state index contributed by atoms with van der Waals surface area (Å²) in [6, 6.07) is 1.71. The van der Waals surface area contributed by atoms with Crippen LogP contribution < -0.4 is 0 Å². The van der Waals surface area contributed by atoms with Crippen molar-refractivity contribution in [1.82, 2.24) is 0 Å². The third-order valence-electron chi connectivity index (χ3n) is 2.47. The average Bonchev–Trinajstić information content (AvgIpc) is 2.47. The average molecular weight is 294 g/mol. The van der Waals surface area contributed by atoms with Crippen LogP contribution in [0.3, 0.4) is 0 Å². The molecular formula is C12H11FN4O4. The molecule has 8 nitrogen and oxygen atoms in total. The number of carbonyl (C=O) groups excluding carboxylic acids is 1. The van der Waals surface area contributed by atoms with Crippen molar-refractivity contribution in [2.45, 2.75) is 6.42 Å². The standard InChI is InChI=1S/C12H11FN4O4/c1-21-12(18)9-7-10(13)8(6-11(9)17(19)20)4-2-3-5-15-16-14/h2,4,6-7H,3,5H2,1H3. The number of azide groups is 1. The molecule has 0 heterocycles. The van der Waals surface area contributed by atoms with Gasteiger partial charge in [-0.1, -0.05) is 17.3 Å². The fraction of sp³-hybridized carbons (Fsp3) is 0.250. The van der Waals surface area contributed by atoms with Crippen LogP contribution in [0, 0.1) is 15.9 Å². The fourth-order valence-corrected chi connectivity index (χ4v) is 1.52. The van der Waals surface area contributed by atoms with Crippen molar-refractivity contribution in [3.05, 3.63) is 55.7 Å². The first-order valence-corrected chi connectivity index (χ1v) is 5.75. The van der Waals surface area contributed by atoms with Crippen LogP contribution in [0.5, 0.6) is 0 Å². The van der Waals surface area contributed by atoms with E-state index >= 15 is 0 Å². The van der Waals surface area contributed by atoms with Gasteiger partial charge in [-0.25, -0.2) is 9.18 Å². The van der Waals surface area contributed by atoms with Gasteiger partial charge < -0.3 is 4.74 Å². The highest BCUT2D eigenvalue weighted by atomic mass is 19.1. The summed E-state index contributed by atoms with van der Waals surface area (Å²) in [6.45, 7) is 0.191. The SMILES string of the molecule is COC(=O)c1cc(F)c(C=CCCN=[N+]=[N-])cc1[N+](=O)[O-]. The number of esters is 1. The van der Waals surface area contributed by atoms with Gasteiger partial charge in [-0.05, 0) is 18.0 Å². The molecule has 0 aromatic heterocycles. The van der Waals surface area contributed by atoms with Crippen molar-refractivity contribution in [2.75, 3.05) is 13.7 Å². The molecule has 0 N–H and O–H groups in total. The molecule has 0 atom stereocenters. The summed E-state index contributed by atoms with van der Waals surface area (Å²) in [6.07, 6.45) is 3.18. The summed E-state index contributed by atoms with van der Waals surface area (Å²) in [5.41, 5.74) is 7.04. The van der Waals surface area contributed by atoms with Gasteiger partial charge >= 0.3 is 5.97 Å². The van der Waals surface area contributed by atoms with E-state index in [9.17, 15) is 19.3 Å². The van der Waals surface area contributed by atoms with Crippen molar-refractivity contribution < 1.29 is 18.8 Å². The Balaban J connectivity index is 3.12. The molecule has 0 radical (unpaired) electrons. The number of ether oxygens (including phenoxy) is 1. The van der Waals surface area contributed by atoms with Crippen LogP contribution in [-0.2, 0) is 4.74 Å². The van der Waals surface area contributed by atoms with Crippen molar-refractivity contribution in [3.8, 4) is 0 Å². The second kappa shape index (κ2) is 7.61. The molecule has 0 saturated carbocycles. The Morgan fingerprint density at radius 3 is 2.90 bits per heavy atom. The molecule has 110 valence electrons. The third kappa shape index (κ3) is 4.29. The summed E-state index contributed by atoms with van der Waals surface area (Å²) < 4.78 is 18.2. The summed E-state index contributed by atoms with van der Waals surface area (Å²) in [4.78, 5) is 24.1. The normalized spacial score (nSPS) is 10.2. The fourth-order valence-electron chi connectivity index (χ4n) is 1.52. The first kappa shape index (κ1) is 16.1. The number of carbonyl (C=O) groups is 1. The maximum atomic E-state index is 13.8. The van der Waals surface area contributed by atoms with Crippen molar-refractivity contribution in [2.24, 2.45) is 5.11 Å². The maximum Gasteiger partial charge on any atom is 0.344 e. The number of nitro benzene ring substituents is 1. The minimum Gasteiger partial charge on any atom is -0.465 e. The second-order valence-corrected chi connectivity index (χ2v) is 3.79. The Kier molecular flexibility index (Phi) is 5.84. The van der Waals surface area contributed by atoms with Crippen LogP contribution in [0.4, 0.5) is 10.1 Å². The molecule has 9 heteroatoms. The number of nitrogens with zero attached hydrogens (tertiary/aromatic N) is 4. The van der Waals surface area contributed by atoms with Gasteiger partial charge in [0.25, 0.3) is 5.69 Å². The number of methoxy groups -OCH3 is 1. The quantitative estimate of drug-likeness (QED) is 0.152. The third-order valence-corrected chi connectivity index (χ3v) is 2.47. The Bertz CT molecular complexity index is 638. The van der Waals surface area contributed by atoms with Gasteiger partial charge in [0.05, 0.1) is 12.0 Å². The summed E-state index contributed by atoms with van der Waals surface area (Å²) in [5, 5.41) is 14.2. The molecule has 21 heavy (non-hydrogen) atoms. The van der Waals surface area contributed by atoms with E-state index in [0.29, 0.717) is 6.42 Å². The second-order valence-electron chi connectivity index (χ2n) is 3.79. The van der Waals surface area contributed by atoms with Crippen molar-refractivity contribution in [3.63, 3.8) is 0 Å². The number of benzene rings is 1. The van der Waals surface area contributed by atoms with Gasteiger partial charge in [-0.15, -0.1) is 0 Å². The monoisotopic (exact) mass is 294 g/mol. The zero-order valence-electron chi connectivity index (χ0n) is 11.0. The van der Waals surface area contributed by atoms with Crippen LogP contribution >= 0.6 is 0 Å². The zero-order chi connectivity index (χ0) is 15.8. The molecule has 0 aliphatic heterocycles. The highest BCUT2D eigenvalue weighted by Gasteiger charge is 2.23. The smallest absolute Gasteiger partial charge is 0.344 e.